The molecule has 0 aliphatic heterocycles. The van der Waals surface area contributed by atoms with E-state index in [1.165, 1.54) is 0 Å². The number of ketones is 2. The predicted molar refractivity (Wildman–Crippen MR) is 136 cm³/mol. The quantitative estimate of drug-likeness (QED) is 0.350. The summed E-state index contributed by atoms with van der Waals surface area (Å²) in [7, 11) is 0. The Hall–Kier alpha value is -2.68. The van der Waals surface area contributed by atoms with Crippen LogP contribution in [0.5, 0.6) is 0 Å². The minimum atomic E-state index is -1.62. The van der Waals surface area contributed by atoms with Crippen molar-refractivity contribution in [2.75, 3.05) is 19.8 Å². The highest BCUT2D eigenvalue weighted by Crippen LogP contribution is 2.68. The van der Waals surface area contributed by atoms with Crippen molar-refractivity contribution in [3.63, 3.8) is 0 Å². The van der Waals surface area contributed by atoms with Crippen LogP contribution in [0.1, 0.15) is 72.6 Å². The summed E-state index contributed by atoms with van der Waals surface area (Å²) < 4.78 is 21.1. The number of carbonyl (C=O) groups is 4. The van der Waals surface area contributed by atoms with E-state index in [2.05, 4.69) is 6.92 Å². The first-order valence-corrected chi connectivity index (χ1v) is 13.8. The molecule has 3 fully saturated rings. The number of allylic oxidation sites excluding steroid dienone is 4. The molecule has 0 aromatic rings. The molecule has 4 aliphatic rings. The van der Waals surface area contributed by atoms with Crippen LogP contribution in [0.25, 0.3) is 0 Å². The summed E-state index contributed by atoms with van der Waals surface area (Å²) in [5.74, 6) is -0.699. The third kappa shape index (κ3) is 4.67. The van der Waals surface area contributed by atoms with Gasteiger partial charge in [-0.15, -0.1) is 0 Å². The third-order valence-corrected chi connectivity index (χ3v) is 9.62. The van der Waals surface area contributed by atoms with Gasteiger partial charge in [-0.1, -0.05) is 38.8 Å². The van der Waals surface area contributed by atoms with Crippen LogP contribution in [0, 0.1) is 28.6 Å². The van der Waals surface area contributed by atoms with Crippen LogP contribution in [0.3, 0.4) is 0 Å². The number of rotatable bonds is 8. The number of ether oxygens (including phenoxy) is 4. The van der Waals surface area contributed by atoms with E-state index in [0.717, 1.165) is 24.8 Å². The van der Waals surface area contributed by atoms with Crippen LogP contribution in [0.4, 0.5) is 9.59 Å². The van der Waals surface area contributed by atoms with E-state index in [1.807, 2.05) is 19.9 Å². The van der Waals surface area contributed by atoms with E-state index < -0.39 is 47.2 Å². The molecular weight excluding hydrogens is 492 g/mol. The Kier molecular flexibility index (Phi) is 8.07. The van der Waals surface area contributed by atoms with Crippen molar-refractivity contribution in [3.8, 4) is 0 Å². The van der Waals surface area contributed by atoms with Crippen molar-refractivity contribution in [3.05, 3.63) is 23.8 Å². The molecule has 0 aromatic heterocycles. The van der Waals surface area contributed by atoms with Crippen LogP contribution in [0.15, 0.2) is 23.8 Å². The molecule has 0 spiro atoms. The van der Waals surface area contributed by atoms with Crippen LogP contribution in [-0.4, -0.2) is 60.5 Å². The van der Waals surface area contributed by atoms with Gasteiger partial charge in [-0.3, -0.25) is 9.59 Å². The number of fused-ring (bicyclic) bond motifs is 5. The summed E-state index contributed by atoms with van der Waals surface area (Å²) in [4.78, 5) is 50.6. The van der Waals surface area contributed by atoms with Crippen molar-refractivity contribution in [2.45, 2.75) is 84.3 Å². The highest BCUT2D eigenvalue weighted by molar-refractivity contribution is 6.01. The van der Waals surface area contributed by atoms with E-state index in [-0.39, 0.29) is 49.6 Å². The summed E-state index contributed by atoms with van der Waals surface area (Å²) >= 11 is 0. The van der Waals surface area contributed by atoms with Crippen molar-refractivity contribution in [1.82, 2.24) is 0 Å². The molecule has 0 radical (unpaired) electrons. The molecule has 9 heteroatoms. The van der Waals surface area contributed by atoms with E-state index in [0.29, 0.717) is 12.8 Å². The van der Waals surface area contributed by atoms with Crippen LogP contribution >= 0.6 is 0 Å². The number of unbranched alkanes of at least 4 members (excludes halogenated alkanes) is 1. The lowest BCUT2D eigenvalue weighted by Gasteiger charge is -2.59. The average Bonchev–Trinajstić information content (AvgIpc) is 3.15. The summed E-state index contributed by atoms with van der Waals surface area (Å²) in [6, 6.07) is 0. The fourth-order valence-electron chi connectivity index (χ4n) is 7.87. The fraction of sp³-hybridized carbons (Fsp3) is 0.724. The predicted octanol–water partition coefficient (Wildman–Crippen LogP) is 4.70. The monoisotopic (exact) mass is 532 g/mol. The molecule has 0 amide bonds. The highest BCUT2D eigenvalue weighted by Gasteiger charge is 2.70. The van der Waals surface area contributed by atoms with Gasteiger partial charge in [0.15, 0.2) is 18.0 Å². The van der Waals surface area contributed by atoms with Crippen molar-refractivity contribution < 1.29 is 43.2 Å². The zero-order chi connectivity index (χ0) is 27.7. The largest absolute Gasteiger partial charge is 0.509 e. The average molecular weight is 533 g/mol. The van der Waals surface area contributed by atoms with Crippen molar-refractivity contribution in [1.29, 1.82) is 0 Å². The molecule has 0 aromatic carbocycles. The molecule has 4 aliphatic carbocycles. The number of aliphatic hydroxyl groups excluding tert-OH is 1. The number of Topliss-reactive ketones (excluding diaryl/α,β-unsaturated/α-hetero) is 1. The molecule has 0 heterocycles. The van der Waals surface area contributed by atoms with Crippen molar-refractivity contribution in [2.24, 2.45) is 28.6 Å². The van der Waals surface area contributed by atoms with Gasteiger partial charge in [0.25, 0.3) is 0 Å². The number of hydrogen-bond donors (Lipinski definition) is 1. The second-order valence-corrected chi connectivity index (χ2v) is 11.5. The number of hydrogen-bond acceptors (Lipinski definition) is 9. The maximum absolute atomic E-state index is 13.8. The lowest BCUT2D eigenvalue weighted by atomic mass is 9.46. The first kappa shape index (κ1) is 28.3. The first-order chi connectivity index (χ1) is 18.0. The van der Waals surface area contributed by atoms with E-state index in [4.69, 9.17) is 18.9 Å². The SMILES string of the molecule is CCCCOC(=O)O[C@]1(C(=O)COC(=O)OCC)CC[C@H]2[C@@H]3CCC4=CC(=O)C=C[C@]4(C)[C@H]3C(O)C[C@@]21C. The smallest absolute Gasteiger partial charge is 0.435 e. The molecule has 1 unspecified atom stereocenters. The summed E-state index contributed by atoms with van der Waals surface area (Å²) in [5, 5.41) is 11.7. The second kappa shape index (κ2) is 10.8. The normalized spacial score (nSPS) is 37.3. The Morgan fingerprint density at radius 3 is 2.55 bits per heavy atom. The minimum absolute atomic E-state index is 0.0321. The Morgan fingerprint density at radius 1 is 1.08 bits per heavy atom. The lowest BCUT2D eigenvalue weighted by molar-refractivity contribution is -0.184. The summed E-state index contributed by atoms with van der Waals surface area (Å²) in [6.45, 7) is 7.24. The Morgan fingerprint density at radius 2 is 1.84 bits per heavy atom. The molecule has 210 valence electrons. The Balaban J connectivity index is 1.66. The van der Waals surface area contributed by atoms with Crippen LogP contribution < -0.4 is 0 Å². The zero-order valence-corrected chi connectivity index (χ0v) is 22.8. The summed E-state index contributed by atoms with van der Waals surface area (Å²) in [6.07, 6.45) is 6.54. The summed E-state index contributed by atoms with van der Waals surface area (Å²) in [5.41, 5.74) is -1.94. The van der Waals surface area contributed by atoms with Gasteiger partial charge in [-0.2, -0.15) is 0 Å². The van der Waals surface area contributed by atoms with Gasteiger partial charge in [0.2, 0.25) is 5.78 Å². The van der Waals surface area contributed by atoms with E-state index in [1.54, 1.807) is 19.1 Å². The van der Waals surface area contributed by atoms with Gasteiger partial charge in [0, 0.05) is 16.7 Å². The first-order valence-electron chi connectivity index (χ1n) is 13.8. The lowest BCUT2D eigenvalue weighted by Crippen LogP contribution is -2.63. The standard InChI is InChI=1S/C29H40O9/c1-5-7-14-36-26(34)38-29(23(32)17-37-25(33)35-6-2)13-11-21-20-9-8-18-15-19(30)10-12-27(18,3)24(20)22(31)16-28(21,29)4/h10,12,15,20-22,24,31H,5-9,11,13-14,16-17H2,1-4H3/t20-,21-,22?,24+,27-,28-,29-/m0/s1. The van der Waals surface area contributed by atoms with Gasteiger partial charge in [-0.25, -0.2) is 9.59 Å². The number of aliphatic hydroxyl groups is 1. The maximum Gasteiger partial charge on any atom is 0.509 e. The van der Waals surface area contributed by atoms with Crippen LogP contribution in [-0.2, 0) is 28.5 Å². The number of carbonyl (C=O) groups excluding carboxylic acids is 4. The van der Waals surface area contributed by atoms with Crippen molar-refractivity contribution >= 4 is 23.9 Å². The second-order valence-electron chi connectivity index (χ2n) is 11.5. The molecule has 9 nitrogen and oxygen atoms in total. The molecule has 38 heavy (non-hydrogen) atoms. The van der Waals surface area contributed by atoms with Gasteiger partial charge in [0.1, 0.15) is 0 Å². The highest BCUT2D eigenvalue weighted by atomic mass is 16.7. The molecule has 3 saturated carbocycles. The maximum atomic E-state index is 13.8. The molecule has 7 atom stereocenters. The van der Waals surface area contributed by atoms with E-state index in [9.17, 15) is 24.3 Å². The Bertz CT molecular complexity index is 1030. The zero-order valence-electron chi connectivity index (χ0n) is 22.8. The molecule has 0 saturated heterocycles. The molecule has 4 rings (SSSR count). The Labute approximate surface area is 223 Å². The molecular formula is C29H40O9. The topological polar surface area (TPSA) is 125 Å². The van der Waals surface area contributed by atoms with E-state index >= 15 is 0 Å². The van der Waals surface area contributed by atoms with Gasteiger partial charge in [-0.05, 0) is 69.4 Å². The fourth-order valence-corrected chi connectivity index (χ4v) is 7.87. The van der Waals surface area contributed by atoms with Gasteiger partial charge < -0.3 is 24.1 Å². The molecule has 0 bridgehead atoms. The van der Waals surface area contributed by atoms with Gasteiger partial charge in [0.05, 0.1) is 19.3 Å². The molecule has 1 N–H and O–H groups in total. The van der Waals surface area contributed by atoms with Crippen LogP contribution in [0.2, 0.25) is 0 Å². The minimum Gasteiger partial charge on any atom is -0.435 e. The third-order valence-electron chi connectivity index (χ3n) is 9.62. The van der Waals surface area contributed by atoms with Gasteiger partial charge >= 0.3 is 12.3 Å².